The van der Waals surface area contributed by atoms with Gasteiger partial charge in [-0.05, 0) is 12.2 Å². The Bertz CT molecular complexity index is 228. The Labute approximate surface area is 78.5 Å². The molecule has 4 heteroatoms. The highest BCUT2D eigenvalue weighted by molar-refractivity contribution is 5.17. The SMILES string of the molecule is NC1=CC=CC(N2CCNCC2)N1. The first-order valence-corrected chi connectivity index (χ1v) is 4.71. The van der Waals surface area contributed by atoms with Gasteiger partial charge in [-0.15, -0.1) is 0 Å². The molecule has 1 fully saturated rings. The van der Waals surface area contributed by atoms with Crippen LogP contribution in [0.2, 0.25) is 0 Å². The van der Waals surface area contributed by atoms with Crippen LogP contribution in [0.15, 0.2) is 24.0 Å². The van der Waals surface area contributed by atoms with E-state index in [1.54, 1.807) is 0 Å². The first-order valence-electron chi connectivity index (χ1n) is 4.71. The maximum absolute atomic E-state index is 5.69. The lowest BCUT2D eigenvalue weighted by Gasteiger charge is -2.35. The van der Waals surface area contributed by atoms with Gasteiger partial charge >= 0.3 is 0 Å². The summed E-state index contributed by atoms with van der Waals surface area (Å²) in [5.41, 5.74) is 5.69. The van der Waals surface area contributed by atoms with E-state index < -0.39 is 0 Å². The number of nitrogens with two attached hydrogens (primary N) is 1. The minimum Gasteiger partial charge on any atom is -0.385 e. The minimum absolute atomic E-state index is 0.284. The molecule has 4 nitrogen and oxygen atoms in total. The van der Waals surface area contributed by atoms with Crippen LogP contribution in [0, 0.1) is 0 Å². The number of piperazine rings is 1. The molecule has 0 spiro atoms. The number of nitrogens with one attached hydrogen (secondary N) is 2. The van der Waals surface area contributed by atoms with E-state index in [9.17, 15) is 0 Å². The van der Waals surface area contributed by atoms with Crippen molar-refractivity contribution in [1.29, 1.82) is 0 Å². The van der Waals surface area contributed by atoms with Gasteiger partial charge in [-0.3, -0.25) is 4.90 Å². The molecule has 0 amide bonds. The standard InChI is InChI=1S/C9H16N4/c10-8-2-1-3-9(12-8)13-6-4-11-5-7-13/h1-3,9,11-12H,4-7,10H2. The summed E-state index contributed by atoms with van der Waals surface area (Å²) in [6.45, 7) is 4.29. The summed E-state index contributed by atoms with van der Waals surface area (Å²) in [7, 11) is 0. The summed E-state index contributed by atoms with van der Waals surface area (Å²) in [4.78, 5) is 2.38. The van der Waals surface area contributed by atoms with Gasteiger partial charge in [0.05, 0.1) is 5.82 Å². The van der Waals surface area contributed by atoms with Gasteiger partial charge in [0.25, 0.3) is 0 Å². The third kappa shape index (κ3) is 2.02. The zero-order chi connectivity index (χ0) is 9.10. The van der Waals surface area contributed by atoms with Crippen LogP contribution in [0.5, 0.6) is 0 Å². The van der Waals surface area contributed by atoms with Crippen molar-refractivity contribution < 1.29 is 0 Å². The third-order valence-corrected chi connectivity index (χ3v) is 2.43. The highest BCUT2D eigenvalue weighted by Gasteiger charge is 2.18. The molecule has 0 saturated carbocycles. The molecular formula is C9H16N4. The lowest BCUT2D eigenvalue weighted by Crippen LogP contribution is -2.53. The van der Waals surface area contributed by atoms with E-state index in [0.29, 0.717) is 0 Å². The zero-order valence-corrected chi connectivity index (χ0v) is 7.66. The Balaban J connectivity index is 1.93. The van der Waals surface area contributed by atoms with Crippen molar-refractivity contribution >= 4 is 0 Å². The summed E-state index contributed by atoms with van der Waals surface area (Å²) in [5.74, 6) is 0.756. The van der Waals surface area contributed by atoms with Crippen LogP contribution in [0.25, 0.3) is 0 Å². The van der Waals surface area contributed by atoms with Crippen LogP contribution in [0.3, 0.4) is 0 Å². The highest BCUT2D eigenvalue weighted by Crippen LogP contribution is 2.05. The quantitative estimate of drug-likeness (QED) is 0.493. The molecule has 2 heterocycles. The van der Waals surface area contributed by atoms with E-state index in [-0.39, 0.29) is 6.17 Å². The topological polar surface area (TPSA) is 53.3 Å². The Morgan fingerprint density at radius 3 is 2.85 bits per heavy atom. The van der Waals surface area contributed by atoms with Gasteiger partial charge in [0.2, 0.25) is 0 Å². The summed E-state index contributed by atoms with van der Waals surface area (Å²) >= 11 is 0. The second-order valence-corrected chi connectivity index (χ2v) is 3.38. The predicted molar refractivity (Wildman–Crippen MR) is 52.8 cm³/mol. The first-order chi connectivity index (χ1) is 6.36. The van der Waals surface area contributed by atoms with Crippen LogP contribution in [-0.4, -0.2) is 37.2 Å². The number of hydrogen-bond acceptors (Lipinski definition) is 4. The van der Waals surface area contributed by atoms with Crippen LogP contribution < -0.4 is 16.4 Å². The smallest absolute Gasteiger partial charge is 0.100 e. The van der Waals surface area contributed by atoms with Gasteiger partial charge in [0.1, 0.15) is 6.17 Å². The molecule has 72 valence electrons. The van der Waals surface area contributed by atoms with Crippen LogP contribution in [0.1, 0.15) is 0 Å². The van der Waals surface area contributed by atoms with Crippen molar-refractivity contribution in [3.05, 3.63) is 24.0 Å². The Morgan fingerprint density at radius 2 is 2.15 bits per heavy atom. The molecule has 4 N–H and O–H groups in total. The van der Waals surface area contributed by atoms with Crippen LogP contribution in [0.4, 0.5) is 0 Å². The molecule has 13 heavy (non-hydrogen) atoms. The number of rotatable bonds is 1. The molecule has 2 aliphatic heterocycles. The molecule has 1 unspecified atom stereocenters. The fourth-order valence-electron chi connectivity index (χ4n) is 1.70. The van der Waals surface area contributed by atoms with Crippen molar-refractivity contribution in [2.75, 3.05) is 26.2 Å². The van der Waals surface area contributed by atoms with Crippen LogP contribution in [-0.2, 0) is 0 Å². The lowest BCUT2D eigenvalue weighted by molar-refractivity contribution is 0.183. The predicted octanol–water partition coefficient (Wildman–Crippen LogP) is -0.823. The van der Waals surface area contributed by atoms with Gasteiger partial charge < -0.3 is 16.4 Å². The van der Waals surface area contributed by atoms with Gasteiger partial charge in [-0.2, -0.15) is 0 Å². The van der Waals surface area contributed by atoms with E-state index in [1.807, 2.05) is 12.2 Å². The van der Waals surface area contributed by atoms with E-state index in [1.165, 1.54) is 0 Å². The maximum Gasteiger partial charge on any atom is 0.100 e. The molecule has 0 aromatic heterocycles. The second kappa shape index (κ2) is 3.81. The van der Waals surface area contributed by atoms with Crippen LogP contribution >= 0.6 is 0 Å². The van der Waals surface area contributed by atoms with Crippen molar-refractivity contribution in [3.8, 4) is 0 Å². The molecule has 2 rings (SSSR count). The van der Waals surface area contributed by atoms with E-state index >= 15 is 0 Å². The monoisotopic (exact) mass is 180 g/mol. The number of allylic oxidation sites excluding steroid dienone is 2. The van der Waals surface area contributed by atoms with Crippen molar-refractivity contribution in [2.24, 2.45) is 5.73 Å². The summed E-state index contributed by atoms with van der Waals surface area (Å²) in [6, 6.07) is 0. The second-order valence-electron chi connectivity index (χ2n) is 3.38. The molecule has 1 saturated heterocycles. The molecule has 0 aliphatic carbocycles. The first kappa shape index (κ1) is 8.59. The molecule has 0 bridgehead atoms. The molecule has 1 atom stereocenters. The largest absolute Gasteiger partial charge is 0.385 e. The Hall–Kier alpha value is -1.00. The summed E-state index contributed by atoms with van der Waals surface area (Å²) in [6.07, 6.45) is 6.32. The van der Waals surface area contributed by atoms with Gasteiger partial charge in [-0.1, -0.05) is 6.08 Å². The third-order valence-electron chi connectivity index (χ3n) is 2.43. The number of dihydropyridines is 1. The van der Waals surface area contributed by atoms with Crippen molar-refractivity contribution in [2.45, 2.75) is 6.17 Å². The summed E-state index contributed by atoms with van der Waals surface area (Å²) < 4.78 is 0. The Kier molecular flexibility index (Phi) is 2.52. The zero-order valence-electron chi connectivity index (χ0n) is 7.66. The fourth-order valence-corrected chi connectivity index (χ4v) is 1.70. The molecular weight excluding hydrogens is 164 g/mol. The van der Waals surface area contributed by atoms with Gasteiger partial charge in [-0.25, -0.2) is 0 Å². The number of hydrogen-bond donors (Lipinski definition) is 3. The molecule has 0 radical (unpaired) electrons. The average Bonchev–Trinajstić information content (AvgIpc) is 2.19. The molecule has 0 aromatic rings. The molecule has 2 aliphatic rings. The van der Waals surface area contributed by atoms with E-state index in [0.717, 1.165) is 32.0 Å². The number of nitrogens with zero attached hydrogens (tertiary/aromatic N) is 1. The Morgan fingerprint density at radius 1 is 1.38 bits per heavy atom. The average molecular weight is 180 g/mol. The van der Waals surface area contributed by atoms with Crippen molar-refractivity contribution in [3.63, 3.8) is 0 Å². The normalized spacial score (nSPS) is 29.5. The maximum atomic E-state index is 5.69. The van der Waals surface area contributed by atoms with E-state index in [4.69, 9.17) is 5.73 Å². The van der Waals surface area contributed by atoms with E-state index in [2.05, 4.69) is 21.6 Å². The molecule has 0 aromatic carbocycles. The lowest BCUT2D eigenvalue weighted by atomic mass is 10.2. The minimum atomic E-state index is 0.284. The summed E-state index contributed by atoms with van der Waals surface area (Å²) in [5, 5.41) is 6.56. The van der Waals surface area contributed by atoms with Crippen molar-refractivity contribution in [1.82, 2.24) is 15.5 Å². The van der Waals surface area contributed by atoms with Gasteiger partial charge in [0.15, 0.2) is 0 Å². The fraction of sp³-hybridized carbons (Fsp3) is 0.556. The highest BCUT2D eigenvalue weighted by atomic mass is 15.3. The van der Waals surface area contributed by atoms with Gasteiger partial charge in [0, 0.05) is 26.2 Å².